The predicted molar refractivity (Wildman–Crippen MR) is 76.2 cm³/mol. The van der Waals surface area contributed by atoms with Crippen LogP contribution in [0.15, 0.2) is 36.7 Å². The molecule has 0 unspecified atom stereocenters. The second-order valence-electron chi connectivity index (χ2n) is 4.70. The minimum Gasteiger partial charge on any atom is -0.337 e. The maximum Gasteiger partial charge on any atom is 0.225 e. The molecule has 2 rings (SSSR count). The summed E-state index contributed by atoms with van der Waals surface area (Å²) < 4.78 is 0. The molecule has 0 aliphatic rings. The van der Waals surface area contributed by atoms with E-state index in [4.69, 9.17) is 0 Å². The molecular formula is C15H17N3O. The highest BCUT2D eigenvalue weighted by Gasteiger charge is 2.07. The number of rotatable bonds is 4. The lowest BCUT2D eigenvalue weighted by Gasteiger charge is -2.14. The van der Waals surface area contributed by atoms with Crippen LogP contribution >= 0.6 is 0 Å². The summed E-state index contributed by atoms with van der Waals surface area (Å²) in [6.45, 7) is 3.93. The Kier molecular flexibility index (Phi) is 3.90. The average Bonchev–Trinajstić information content (AvgIpc) is 2.39. The van der Waals surface area contributed by atoms with Crippen molar-refractivity contribution in [2.75, 3.05) is 18.5 Å². The molecule has 0 saturated heterocycles. The van der Waals surface area contributed by atoms with E-state index >= 15 is 0 Å². The molecule has 0 radical (unpaired) electrons. The number of benzene rings is 1. The Labute approximate surface area is 113 Å². The third-order valence-corrected chi connectivity index (χ3v) is 2.82. The fraction of sp³-hybridized carbons (Fsp3) is 0.267. The van der Waals surface area contributed by atoms with Gasteiger partial charge in [0.25, 0.3) is 0 Å². The Morgan fingerprint density at radius 3 is 2.21 bits per heavy atom. The fourth-order valence-electron chi connectivity index (χ4n) is 1.82. The van der Waals surface area contributed by atoms with Crippen molar-refractivity contribution < 1.29 is 4.79 Å². The van der Waals surface area contributed by atoms with Gasteiger partial charge in [-0.05, 0) is 19.4 Å². The molecule has 0 amide bonds. The molecule has 1 aromatic carbocycles. The number of Topliss-reactive ketones (excluding diaryl/α,β-unsaturated/α-hetero) is 1. The Hall–Kier alpha value is -2.23. The van der Waals surface area contributed by atoms with E-state index < -0.39 is 0 Å². The van der Waals surface area contributed by atoms with Gasteiger partial charge >= 0.3 is 0 Å². The number of anilines is 1. The van der Waals surface area contributed by atoms with Gasteiger partial charge in [-0.25, -0.2) is 9.97 Å². The molecule has 2 aromatic rings. The molecule has 0 fully saturated rings. The van der Waals surface area contributed by atoms with E-state index in [1.54, 1.807) is 24.2 Å². The zero-order valence-electron chi connectivity index (χ0n) is 11.4. The molecule has 98 valence electrons. The number of hydrogen-bond donors (Lipinski definition) is 0. The molecule has 0 saturated carbocycles. The molecule has 1 aromatic heterocycles. The van der Waals surface area contributed by atoms with Crippen molar-refractivity contribution in [1.82, 2.24) is 9.97 Å². The first-order valence-corrected chi connectivity index (χ1v) is 6.16. The Morgan fingerprint density at radius 1 is 1.11 bits per heavy atom. The number of nitrogens with zero attached hydrogens (tertiary/aromatic N) is 3. The van der Waals surface area contributed by atoms with Crippen LogP contribution < -0.4 is 4.90 Å². The van der Waals surface area contributed by atoms with Crippen LogP contribution in [0.25, 0.3) is 11.1 Å². The first-order chi connectivity index (χ1) is 9.06. The second-order valence-corrected chi connectivity index (χ2v) is 4.70. The lowest BCUT2D eigenvalue weighted by molar-refractivity contribution is -0.115. The number of hydrogen-bond acceptors (Lipinski definition) is 4. The van der Waals surface area contributed by atoms with Crippen molar-refractivity contribution >= 4 is 11.7 Å². The van der Waals surface area contributed by atoms with Gasteiger partial charge in [0.1, 0.15) is 5.78 Å². The Balaban J connectivity index is 2.18. The van der Waals surface area contributed by atoms with Crippen molar-refractivity contribution in [1.29, 1.82) is 0 Å². The largest absolute Gasteiger partial charge is 0.337 e. The van der Waals surface area contributed by atoms with Crippen LogP contribution in [0.5, 0.6) is 0 Å². The van der Waals surface area contributed by atoms with Crippen LogP contribution in [-0.4, -0.2) is 29.3 Å². The topological polar surface area (TPSA) is 46.1 Å². The standard InChI is InChI=1S/C15H17N3O/c1-11-4-6-13(7-5-11)14-8-16-15(17-9-14)18(3)10-12(2)19/h4-9H,10H2,1-3H3. The number of likely N-dealkylation sites (N-methyl/N-ethyl adjacent to an activating group) is 1. The summed E-state index contributed by atoms with van der Waals surface area (Å²) in [4.78, 5) is 21.4. The zero-order valence-corrected chi connectivity index (χ0v) is 11.4. The van der Waals surface area contributed by atoms with Gasteiger partial charge in [-0.3, -0.25) is 4.79 Å². The van der Waals surface area contributed by atoms with E-state index in [-0.39, 0.29) is 5.78 Å². The maximum absolute atomic E-state index is 11.1. The first kappa shape index (κ1) is 13.2. The summed E-state index contributed by atoms with van der Waals surface area (Å²) in [5.74, 6) is 0.653. The van der Waals surface area contributed by atoms with E-state index in [9.17, 15) is 4.79 Å². The van der Waals surface area contributed by atoms with E-state index in [2.05, 4.69) is 29.0 Å². The van der Waals surface area contributed by atoms with Crippen LogP contribution in [0.3, 0.4) is 0 Å². The minimum atomic E-state index is 0.0914. The highest BCUT2D eigenvalue weighted by Crippen LogP contribution is 2.19. The normalized spacial score (nSPS) is 10.3. The molecule has 0 aliphatic carbocycles. The molecule has 4 nitrogen and oxygen atoms in total. The quantitative estimate of drug-likeness (QED) is 0.842. The van der Waals surface area contributed by atoms with Crippen LogP contribution in [-0.2, 0) is 4.79 Å². The summed E-state index contributed by atoms with van der Waals surface area (Å²) in [5.41, 5.74) is 3.29. The average molecular weight is 255 g/mol. The molecule has 0 spiro atoms. The third-order valence-electron chi connectivity index (χ3n) is 2.82. The van der Waals surface area contributed by atoms with Crippen LogP contribution in [0.4, 0.5) is 5.95 Å². The Bertz CT molecular complexity index is 561. The number of ketones is 1. The number of carbonyl (C=O) groups excluding carboxylic acids is 1. The van der Waals surface area contributed by atoms with Crippen LogP contribution in [0, 0.1) is 6.92 Å². The number of carbonyl (C=O) groups is 1. The van der Waals surface area contributed by atoms with Gasteiger partial charge in [-0.15, -0.1) is 0 Å². The smallest absolute Gasteiger partial charge is 0.225 e. The highest BCUT2D eigenvalue weighted by atomic mass is 16.1. The first-order valence-electron chi connectivity index (χ1n) is 6.16. The van der Waals surface area contributed by atoms with Gasteiger partial charge < -0.3 is 4.90 Å². The van der Waals surface area contributed by atoms with E-state index in [0.717, 1.165) is 11.1 Å². The van der Waals surface area contributed by atoms with Gasteiger partial charge in [0.15, 0.2) is 0 Å². The van der Waals surface area contributed by atoms with E-state index in [0.29, 0.717) is 12.5 Å². The van der Waals surface area contributed by atoms with Gasteiger partial charge in [-0.1, -0.05) is 29.8 Å². The van der Waals surface area contributed by atoms with Crippen molar-refractivity contribution in [3.8, 4) is 11.1 Å². The zero-order chi connectivity index (χ0) is 13.8. The monoisotopic (exact) mass is 255 g/mol. The second kappa shape index (κ2) is 5.61. The molecule has 4 heteroatoms. The van der Waals surface area contributed by atoms with Crippen molar-refractivity contribution in [3.05, 3.63) is 42.2 Å². The molecular weight excluding hydrogens is 238 g/mol. The summed E-state index contributed by atoms with van der Waals surface area (Å²) in [6.07, 6.45) is 3.56. The van der Waals surface area contributed by atoms with Crippen LogP contribution in [0.1, 0.15) is 12.5 Å². The van der Waals surface area contributed by atoms with Crippen molar-refractivity contribution in [2.24, 2.45) is 0 Å². The molecule has 0 bridgehead atoms. The predicted octanol–water partition coefficient (Wildman–Crippen LogP) is 2.48. The third kappa shape index (κ3) is 3.37. The molecule has 1 heterocycles. The van der Waals surface area contributed by atoms with Gasteiger partial charge in [0.05, 0.1) is 6.54 Å². The lowest BCUT2D eigenvalue weighted by Crippen LogP contribution is -2.25. The molecule has 0 aliphatic heterocycles. The molecule has 0 atom stereocenters. The van der Waals surface area contributed by atoms with Gasteiger partial charge in [-0.2, -0.15) is 0 Å². The highest BCUT2D eigenvalue weighted by molar-refractivity contribution is 5.80. The van der Waals surface area contributed by atoms with E-state index in [1.807, 2.05) is 19.2 Å². The molecule has 19 heavy (non-hydrogen) atoms. The van der Waals surface area contributed by atoms with Gasteiger partial charge in [0.2, 0.25) is 5.95 Å². The fourth-order valence-corrected chi connectivity index (χ4v) is 1.82. The number of aryl methyl sites for hydroxylation is 1. The minimum absolute atomic E-state index is 0.0914. The Morgan fingerprint density at radius 2 is 1.68 bits per heavy atom. The summed E-state index contributed by atoms with van der Waals surface area (Å²) in [6, 6.07) is 8.22. The summed E-state index contributed by atoms with van der Waals surface area (Å²) in [5, 5.41) is 0. The summed E-state index contributed by atoms with van der Waals surface area (Å²) >= 11 is 0. The maximum atomic E-state index is 11.1. The van der Waals surface area contributed by atoms with Crippen molar-refractivity contribution in [3.63, 3.8) is 0 Å². The molecule has 0 N–H and O–H groups in total. The number of aromatic nitrogens is 2. The summed E-state index contributed by atoms with van der Waals surface area (Å²) in [7, 11) is 1.81. The lowest BCUT2D eigenvalue weighted by atomic mass is 10.1. The van der Waals surface area contributed by atoms with E-state index in [1.165, 1.54) is 5.56 Å². The van der Waals surface area contributed by atoms with Crippen molar-refractivity contribution in [2.45, 2.75) is 13.8 Å². The van der Waals surface area contributed by atoms with Gasteiger partial charge in [0, 0.05) is 25.0 Å². The SMILES string of the molecule is CC(=O)CN(C)c1ncc(-c2ccc(C)cc2)cn1. The van der Waals surface area contributed by atoms with Crippen LogP contribution in [0.2, 0.25) is 0 Å².